The van der Waals surface area contributed by atoms with Gasteiger partial charge in [0.1, 0.15) is 0 Å². The van der Waals surface area contributed by atoms with Crippen molar-refractivity contribution in [3.05, 3.63) is 65.2 Å². The van der Waals surface area contributed by atoms with Gasteiger partial charge in [0.15, 0.2) is 0 Å². The van der Waals surface area contributed by atoms with Gasteiger partial charge >= 0.3 is 0 Å². The number of anilines is 1. The highest BCUT2D eigenvalue weighted by molar-refractivity contribution is 6.00. The fourth-order valence-electron chi connectivity index (χ4n) is 3.41. The van der Waals surface area contributed by atoms with Crippen molar-refractivity contribution in [2.24, 2.45) is 5.92 Å². The standard InChI is InChI=1S/C22H27N3O2/c1-16-8-10-20(11-9-16)25-15-19(12-21(25)26)22(27)23-13-17-6-4-5-7-18(17)14-24(2)3/h4-11,19H,12-15H2,1-3H3,(H,23,27)/t19-/m0/s1. The van der Waals surface area contributed by atoms with E-state index in [1.165, 1.54) is 5.56 Å². The van der Waals surface area contributed by atoms with Gasteiger partial charge in [-0.1, -0.05) is 42.0 Å². The number of hydrogen-bond acceptors (Lipinski definition) is 3. The number of benzene rings is 2. The van der Waals surface area contributed by atoms with E-state index in [1.807, 2.05) is 63.5 Å². The predicted octanol–water partition coefficient (Wildman–Crippen LogP) is 2.73. The first-order valence-electron chi connectivity index (χ1n) is 9.30. The molecule has 1 N–H and O–H groups in total. The van der Waals surface area contributed by atoms with Crippen LogP contribution in [0.25, 0.3) is 0 Å². The van der Waals surface area contributed by atoms with E-state index >= 15 is 0 Å². The second kappa shape index (κ2) is 8.35. The summed E-state index contributed by atoms with van der Waals surface area (Å²) in [6, 6.07) is 16.0. The zero-order valence-electron chi connectivity index (χ0n) is 16.2. The highest BCUT2D eigenvalue weighted by Gasteiger charge is 2.34. The van der Waals surface area contributed by atoms with Crippen LogP contribution >= 0.6 is 0 Å². The maximum absolute atomic E-state index is 12.6. The molecule has 1 heterocycles. The molecule has 0 aliphatic carbocycles. The lowest BCUT2D eigenvalue weighted by Gasteiger charge is -2.17. The Labute approximate surface area is 161 Å². The van der Waals surface area contributed by atoms with Gasteiger partial charge in [0.2, 0.25) is 11.8 Å². The molecule has 0 bridgehead atoms. The Bertz CT molecular complexity index is 815. The first kappa shape index (κ1) is 19.1. The Kier molecular flexibility index (Phi) is 5.91. The molecule has 142 valence electrons. The van der Waals surface area contributed by atoms with Crippen LogP contribution in [-0.2, 0) is 22.7 Å². The fourth-order valence-corrected chi connectivity index (χ4v) is 3.41. The van der Waals surface area contributed by atoms with E-state index < -0.39 is 0 Å². The van der Waals surface area contributed by atoms with Crippen LogP contribution in [0.3, 0.4) is 0 Å². The lowest BCUT2D eigenvalue weighted by atomic mass is 10.1. The fraction of sp³-hybridized carbons (Fsp3) is 0.364. The van der Waals surface area contributed by atoms with Crippen molar-refractivity contribution < 1.29 is 9.59 Å². The number of nitrogens with zero attached hydrogens (tertiary/aromatic N) is 2. The quantitative estimate of drug-likeness (QED) is 0.856. The zero-order valence-corrected chi connectivity index (χ0v) is 16.2. The molecule has 0 saturated carbocycles. The molecule has 5 nitrogen and oxygen atoms in total. The molecule has 2 aromatic rings. The van der Waals surface area contributed by atoms with Gasteiger partial charge in [-0.15, -0.1) is 0 Å². The van der Waals surface area contributed by atoms with Gasteiger partial charge in [0, 0.05) is 31.7 Å². The molecule has 1 atom stereocenters. The molecular weight excluding hydrogens is 338 g/mol. The summed E-state index contributed by atoms with van der Waals surface area (Å²) >= 11 is 0. The van der Waals surface area contributed by atoms with E-state index in [9.17, 15) is 9.59 Å². The van der Waals surface area contributed by atoms with Crippen molar-refractivity contribution in [2.45, 2.75) is 26.4 Å². The predicted molar refractivity (Wildman–Crippen MR) is 107 cm³/mol. The number of aryl methyl sites for hydroxylation is 1. The smallest absolute Gasteiger partial charge is 0.227 e. The largest absolute Gasteiger partial charge is 0.352 e. The summed E-state index contributed by atoms with van der Waals surface area (Å²) in [6.07, 6.45) is 0.263. The van der Waals surface area contributed by atoms with Gasteiger partial charge < -0.3 is 15.1 Å². The van der Waals surface area contributed by atoms with Gasteiger partial charge in [-0.3, -0.25) is 9.59 Å². The van der Waals surface area contributed by atoms with E-state index in [-0.39, 0.29) is 24.2 Å². The number of amides is 2. The summed E-state index contributed by atoms with van der Waals surface area (Å²) in [5.41, 5.74) is 4.32. The number of hydrogen-bond donors (Lipinski definition) is 1. The third-order valence-corrected chi connectivity index (χ3v) is 4.90. The number of nitrogens with one attached hydrogen (secondary N) is 1. The first-order chi connectivity index (χ1) is 12.9. The number of rotatable bonds is 6. The molecular formula is C22H27N3O2. The molecule has 5 heteroatoms. The number of carbonyl (C=O) groups is 2. The molecule has 0 radical (unpaired) electrons. The van der Waals surface area contributed by atoms with Crippen molar-refractivity contribution >= 4 is 17.5 Å². The van der Waals surface area contributed by atoms with Crippen molar-refractivity contribution in [3.8, 4) is 0 Å². The van der Waals surface area contributed by atoms with Gasteiger partial charge in [-0.2, -0.15) is 0 Å². The molecule has 0 aromatic heterocycles. The second-order valence-electron chi connectivity index (χ2n) is 7.47. The van der Waals surface area contributed by atoms with Crippen LogP contribution in [-0.4, -0.2) is 37.4 Å². The van der Waals surface area contributed by atoms with E-state index in [2.05, 4.69) is 16.3 Å². The molecule has 2 aromatic carbocycles. The van der Waals surface area contributed by atoms with Gasteiger partial charge in [0.25, 0.3) is 0 Å². The number of carbonyl (C=O) groups excluding carboxylic acids is 2. The molecule has 0 spiro atoms. The van der Waals surface area contributed by atoms with Crippen LogP contribution in [0.15, 0.2) is 48.5 Å². The van der Waals surface area contributed by atoms with Crippen LogP contribution in [0.4, 0.5) is 5.69 Å². The summed E-state index contributed by atoms with van der Waals surface area (Å²) in [6.45, 7) is 3.76. The topological polar surface area (TPSA) is 52.7 Å². The summed E-state index contributed by atoms with van der Waals surface area (Å²) in [5, 5.41) is 3.02. The van der Waals surface area contributed by atoms with Gasteiger partial charge in [-0.25, -0.2) is 0 Å². The van der Waals surface area contributed by atoms with Crippen molar-refractivity contribution in [3.63, 3.8) is 0 Å². The normalized spacial score (nSPS) is 16.8. The Balaban J connectivity index is 1.61. The summed E-state index contributed by atoms with van der Waals surface area (Å²) in [5.74, 6) is -0.357. The second-order valence-corrected chi connectivity index (χ2v) is 7.47. The van der Waals surface area contributed by atoms with Crippen LogP contribution in [0.1, 0.15) is 23.1 Å². The van der Waals surface area contributed by atoms with Crippen molar-refractivity contribution in [2.75, 3.05) is 25.5 Å². The Morgan fingerprint density at radius 2 is 1.78 bits per heavy atom. The lowest BCUT2D eigenvalue weighted by Crippen LogP contribution is -2.33. The maximum Gasteiger partial charge on any atom is 0.227 e. The zero-order chi connectivity index (χ0) is 19.4. The molecule has 0 unspecified atom stereocenters. The minimum atomic E-state index is -0.306. The Morgan fingerprint density at radius 3 is 2.44 bits per heavy atom. The minimum absolute atomic E-state index is 0.00649. The molecule has 2 amide bonds. The van der Waals surface area contributed by atoms with Gasteiger partial charge in [0.05, 0.1) is 5.92 Å². The summed E-state index contributed by atoms with van der Waals surface area (Å²) in [7, 11) is 4.05. The molecule has 27 heavy (non-hydrogen) atoms. The highest BCUT2D eigenvalue weighted by Crippen LogP contribution is 2.25. The third-order valence-electron chi connectivity index (χ3n) is 4.90. The molecule has 3 rings (SSSR count). The SMILES string of the molecule is Cc1ccc(N2C[C@@H](C(=O)NCc3ccccc3CN(C)C)CC2=O)cc1. The minimum Gasteiger partial charge on any atom is -0.352 e. The summed E-state index contributed by atoms with van der Waals surface area (Å²) in [4.78, 5) is 28.8. The van der Waals surface area contributed by atoms with Crippen molar-refractivity contribution in [1.82, 2.24) is 10.2 Å². The molecule has 1 saturated heterocycles. The Morgan fingerprint density at radius 1 is 1.11 bits per heavy atom. The van der Waals surface area contributed by atoms with E-state index in [1.54, 1.807) is 4.90 Å². The van der Waals surface area contributed by atoms with Gasteiger partial charge in [-0.05, 0) is 44.3 Å². The van der Waals surface area contributed by atoms with E-state index in [0.717, 1.165) is 23.4 Å². The first-order valence-corrected chi connectivity index (χ1v) is 9.30. The van der Waals surface area contributed by atoms with Crippen molar-refractivity contribution in [1.29, 1.82) is 0 Å². The van der Waals surface area contributed by atoms with Crippen LogP contribution in [0.2, 0.25) is 0 Å². The highest BCUT2D eigenvalue weighted by atomic mass is 16.2. The van der Waals surface area contributed by atoms with Crippen LogP contribution in [0, 0.1) is 12.8 Å². The average Bonchev–Trinajstić information content (AvgIpc) is 3.03. The average molecular weight is 365 g/mol. The molecule has 1 fully saturated rings. The molecule has 1 aliphatic heterocycles. The van der Waals surface area contributed by atoms with E-state index in [0.29, 0.717) is 13.1 Å². The Hall–Kier alpha value is -2.66. The van der Waals surface area contributed by atoms with E-state index in [4.69, 9.17) is 0 Å². The third kappa shape index (κ3) is 4.74. The van der Waals surface area contributed by atoms with Crippen LogP contribution < -0.4 is 10.2 Å². The monoisotopic (exact) mass is 365 g/mol. The lowest BCUT2D eigenvalue weighted by molar-refractivity contribution is -0.126. The molecule has 1 aliphatic rings. The van der Waals surface area contributed by atoms with Crippen LogP contribution in [0.5, 0.6) is 0 Å². The maximum atomic E-state index is 12.6. The summed E-state index contributed by atoms with van der Waals surface area (Å²) < 4.78 is 0.